The molecule has 100 valence electrons. The summed E-state index contributed by atoms with van der Waals surface area (Å²) < 4.78 is 0. The molecule has 1 aliphatic carbocycles. The normalized spacial score (nSPS) is 25.3. The van der Waals surface area contributed by atoms with Crippen molar-refractivity contribution in [3.05, 3.63) is 34.9 Å². The fourth-order valence-corrected chi connectivity index (χ4v) is 3.11. The van der Waals surface area contributed by atoms with Gasteiger partial charge in [0.25, 0.3) is 0 Å². The molecular formula is C15H22ClNO. The highest BCUT2D eigenvalue weighted by molar-refractivity contribution is 6.30. The van der Waals surface area contributed by atoms with E-state index in [-0.39, 0.29) is 0 Å². The monoisotopic (exact) mass is 267 g/mol. The minimum Gasteiger partial charge on any atom is -0.396 e. The van der Waals surface area contributed by atoms with E-state index in [4.69, 9.17) is 11.6 Å². The van der Waals surface area contributed by atoms with Gasteiger partial charge in [-0.2, -0.15) is 0 Å². The molecule has 3 heteroatoms. The zero-order valence-corrected chi connectivity index (χ0v) is 11.7. The van der Waals surface area contributed by atoms with Crippen molar-refractivity contribution in [1.29, 1.82) is 0 Å². The van der Waals surface area contributed by atoms with Crippen LogP contribution in [0.4, 0.5) is 0 Å². The van der Waals surface area contributed by atoms with Crippen LogP contribution in [0.3, 0.4) is 0 Å². The lowest BCUT2D eigenvalue weighted by molar-refractivity contribution is 0.198. The summed E-state index contributed by atoms with van der Waals surface area (Å²) in [6.45, 7) is 2.48. The predicted octanol–water partition coefficient (Wildman–Crippen LogP) is 3.54. The van der Waals surface area contributed by atoms with Crippen LogP contribution in [-0.2, 0) is 0 Å². The van der Waals surface area contributed by atoms with Gasteiger partial charge in [-0.15, -0.1) is 0 Å². The van der Waals surface area contributed by atoms with Crippen molar-refractivity contribution in [3.8, 4) is 0 Å². The molecule has 0 spiro atoms. The molecule has 1 saturated carbocycles. The quantitative estimate of drug-likeness (QED) is 0.855. The highest BCUT2D eigenvalue weighted by Gasteiger charge is 2.28. The first-order chi connectivity index (χ1) is 8.74. The Balaban J connectivity index is 2.05. The van der Waals surface area contributed by atoms with Crippen LogP contribution in [0.2, 0.25) is 5.02 Å². The van der Waals surface area contributed by atoms with E-state index in [0.717, 1.165) is 17.9 Å². The first-order valence-electron chi connectivity index (χ1n) is 6.87. The minimum atomic E-state index is 0.295. The molecule has 2 nitrogen and oxygen atoms in total. The molecule has 3 unspecified atom stereocenters. The first-order valence-corrected chi connectivity index (χ1v) is 7.24. The van der Waals surface area contributed by atoms with Gasteiger partial charge in [0.1, 0.15) is 0 Å². The van der Waals surface area contributed by atoms with Gasteiger partial charge in [-0.1, -0.05) is 37.1 Å². The van der Waals surface area contributed by atoms with Gasteiger partial charge in [-0.25, -0.2) is 0 Å². The van der Waals surface area contributed by atoms with Crippen LogP contribution in [0.1, 0.15) is 44.2 Å². The van der Waals surface area contributed by atoms with E-state index in [1.165, 1.54) is 18.4 Å². The molecule has 3 atom stereocenters. The van der Waals surface area contributed by atoms with Crippen molar-refractivity contribution in [2.24, 2.45) is 5.92 Å². The van der Waals surface area contributed by atoms with Gasteiger partial charge in [-0.05, 0) is 42.9 Å². The molecule has 1 aliphatic rings. The molecule has 0 amide bonds. The summed E-state index contributed by atoms with van der Waals surface area (Å²) in [6.07, 6.45) is 4.56. The van der Waals surface area contributed by atoms with E-state index >= 15 is 0 Å². The lowest BCUT2D eigenvalue weighted by Crippen LogP contribution is -2.36. The number of hydrogen-bond acceptors (Lipinski definition) is 2. The molecule has 0 radical (unpaired) electrons. The van der Waals surface area contributed by atoms with E-state index < -0.39 is 0 Å². The summed E-state index contributed by atoms with van der Waals surface area (Å²) in [5, 5.41) is 13.9. The molecule has 0 bridgehead atoms. The van der Waals surface area contributed by atoms with E-state index in [0.29, 0.717) is 24.6 Å². The summed E-state index contributed by atoms with van der Waals surface area (Å²) in [6, 6.07) is 8.84. The Hall–Kier alpha value is -0.570. The Morgan fingerprint density at radius 3 is 2.94 bits per heavy atom. The zero-order valence-electron chi connectivity index (χ0n) is 10.9. The second-order valence-corrected chi connectivity index (χ2v) is 5.60. The topological polar surface area (TPSA) is 32.3 Å². The maximum absolute atomic E-state index is 9.38. The number of rotatable bonds is 5. The molecule has 1 fully saturated rings. The molecule has 1 aromatic rings. The second-order valence-electron chi connectivity index (χ2n) is 5.16. The average molecular weight is 268 g/mol. The smallest absolute Gasteiger partial charge is 0.0474 e. The largest absolute Gasteiger partial charge is 0.396 e. The maximum Gasteiger partial charge on any atom is 0.0474 e. The summed E-state index contributed by atoms with van der Waals surface area (Å²) in [4.78, 5) is 0. The number of nitrogens with one attached hydrogen (secondary N) is 1. The van der Waals surface area contributed by atoms with Gasteiger partial charge in [0.15, 0.2) is 0 Å². The van der Waals surface area contributed by atoms with Crippen molar-refractivity contribution in [2.75, 3.05) is 6.61 Å². The third-order valence-corrected chi connectivity index (χ3v) is 4.20. The maximum atomic E-state index is 9.38. The Bertz CT molecular complexity index is 383. The standard InChI is InChI=1S/C15H22ClNO/c1-2-14(11-5-3-7-13(16)9-11)17-15-8-4-6-12(15)10-18/h3,5,7,9,12,14-15,17-18H,2,4,6,8,10H2,1H3. The van der Waals surface area contributed by atoms with Gasteiger partial charge >= 0.3 is 0 Å². The van der Waals surface area contributed by atoms with Gasteiger partial charge < -0.3 is 10.4 Å². The Labute approximate surface area is 114 Å². The Morgan fingerprint density at radius 1 is 1.44 bits per heavy atom. The van der Waals surface area contributed by atoms with E-state index in [1.54, 1.807) is 0 Å². The Kier molecular flexibility index (Phi) is 5.04. The van der Waals surface area contributed by atoms with Crippen LogP contribution >= 0.6 is 11.6 Å². The lowest BCUT2D eigenvalue weighted by Gasteiger charge is -2.26. The molecule has 2 N–H and O–H groups in total. The molecule has 0 aromatic heterocycles. The number of aliphatic hydroxyl groups is 1. The van der Waals surface area contributed by atoms with Gasteiger partial charge in [0, 0.05) is 23.7 Å². The molecule has 2 rings (SSSR count). The minimum absolute atomic E-state index is 0.295. The Morgan fingerprint density at radius 2 is 2.28 bits per heavy atom. The predicted molar refractivity (Wildman–Crippen MR) is 75.8 cm³/mol. The van der Waals surface area contributed by atoms with E-state index in [9.17, 15) is 5.11 Å². The van der Waals surface area contributed by atoms with E-state index in [2.05, 4.69) is 18.3 Å². The lowest BCUT2D eigenvalue weighted by atomic mass is 9.99. The fourth-order valence-electron chi connectivity index (χ4n) is 2.91. The van der Waals surface area contributed by atoms with Crippen LogP contribution in [-0.4, -0.2) is 17.8 Å². The SMILES string of the molecule is CCC(NC1CCCC1CO)c1cccc(Cl)c1. The summed E-state index contributed by atoms with van der Waals surface area (Å²) in [5.41, 5.74) is 1.24. The molecule has 1 aromatic carbocycles. The number of hydrogen-bond donors (Lipinski definition) is 2. The summed E-state index contributed by atoms with van der Waals surface area (Å²) >= 11 is 6.05. The van der Waals surface area contributed by atoms with Crippen LogP contribution < -0.4 is 5.32 Å². The van der Waals surface area contributed by atoms with Crippen molar-refractivity contribution in [3.63, 3.8) is 0 Å². The van der Waals surface area contributed by atoms with Crippen LogP contribution in [0, 0.1) is 5.92 Å². The average Bonchev–Trinajstić information content (AvgIpc) is 2.83. The third-order valence-electron chi connectivity index (χ3n) is 3.97. The van der Waals surface area contributed by atoms with Crippen LogP contribution in [0.15, 0.2) is 24.3 Å². The first kappa shape index (κ1) is 13.9. The zero-order chi connectivity index (χ0) is 13.0. The molecule has 0 saturated heterocycles. The number of benzene rings is 1. The van der Waals surface area contributed by atoms with Crippen LogP contribution in [0.25, 0.3) is 0 Å². The molecule has 18 heavy (non-hydrogen) atoms. The fraction of sp³-hybridized carbons (Fsp3) is 0.600. The summed E-state index contributed by atoms with van der Waals surface area (Å²) in [7, 11) is 0. The second kappa shape index (κ2) is 6.55. The molecular weight excluding hydrogens is 246 g/mol. The van der Waals surface area contributed by atoms with Crippen molar-refractivity contribution >= 4 is 11.6 Å². The highest BCUT2D eigenvalue weighted by atomic mass is 35.5. The molecule has 0 aliphatic heterocycles. The number of aliphatic hydroxyl groups excluding tert-OH is 1. The van der Waals surface area contributed by atoms with Crippen molar-refractivity contribution in [2.45, 2.75) is 44.7 Å². The van der Waals surface area contributed by atoms with Crippen LogP contribution in [0.5, 0.6) is 0 Å². The highest BCUT2D eigenvalue weighted by Crippen LogP contribution is 2.29. The third kappa shape index (κ3) is 3.25. The van der Waals surface area contributed by atoms with Crippen molar-refractivity contribution in [1.82, 2.24) is 5.32 Å². The molecule has 0 heterocycles. The van der Waals surface area contributed by atoms with Gasteiger partial charge in [-0.3, -0.25) is 0 Å². The van der Waals surface area contributed by atoms with E-state index in [1.807, 2.05) is 18.2 Å². The van der Waals surface area contributed by atoms with Crippen molar-refractivity contribution < 1.29 is 5.11 Å². The van der Waals surface area contributed by atoms with Gasteiger partial charge in [0.2, 0.25) is 0 Å². The van der Waals surface area contributed by atoms with Gasteiger partial charge in [0.05, 0.1) is 0 Å². The number of halogens is 1. The summed E-state index contributed by atoms with van der Waals surface area (Å²) in [5.74, 6) is 0.415.